The van der Waals surface area contributed by atoms with E-state index in [-0.39, 0.29) is 0 Å². The largest absolute Gasteiger partial charge is 0.384 e. The van der Waals surface area contributed by atoms with Crippen molar-refractivity contribution in [1.82, 2.24) is 0 Å². The van der Waals surface area contributed by atoms with Gasteiger partial charge in [-0.15, -0.1) is 0 Å². The Morgan fingerprint density at radius 2 is 2.21 bits per heavy atom. The number of nitrogens with two attached hydrogens (primary N) is 1. The zero-order valence-electron chi connectivity index (χ0n) is 7.45. The van der Waals surface area contributed by atoms with Crippen LogP contribution in [0.2, 0.25) is 0 Å². The molecule has 5 nitrogen and oxygen atoms in total. The van der Waals surface area contributed by atoms with E-state index in [4.69, 9.17) is 5.14 Å². The molecule has 4 N–H and O–H groups in total. The van der Waals surface area contributed by atoms with Crippen LogP contribution in [0.25, 0.3) is 0 Å². The van der Waals surface area contributed by atoms with Gasteiger partial charge in [-0.3, -0.25) is 4.72 Å². The lowest BCUT2D eigenvalue weighted by atomic mass is 10.1. The number of hydrogen-bond acceptors (Lipinski definition) is 3. The third-order valence-electron chi connectivity index (χ3n) is 2.08. The average molecular weight is 213 g/mol. The maximum Gasteiger partial charge on any atom is 0.296 e. The molecule has 0 fully saturated rings. The maximum absolute atomic E-state index is 10.8. The summed E-state index contributed by atoms with van der Waals surface area (Å²) in [5.41, 5.74) is 2.68. The molecule has 0 saturated heterocycles. The second kappa shape index (κ2) is 3.14. The van der Waals surface area contributed by atoms with E-state index in [1.807, 2.05) is 6.07 Å². The molecule has 0 spiro atoms. The second-order valence-corrected chi connectivity index (χ2v) is 4.49. The Bertz CT molecular complexity index is 456. The highest BCUT2D eigenvalue weighted by Crippen LogP contribution is 2.25. The van der Waals surface area contributed by atoms with Crippen molar-refractivity contribution in [1.29, 1.82) is 0 Å². The molecule has 76 valence electrons. The number of anilines is 2. The number of rotatable bonds is 2. The Hall–Kier alpha value is -1.27. The maximum atomic E-state index is 10.8. The first-order chi connectivity index (χ1) is 6.54. The van der Waals surface area contributed by atoms with Crippen LogP contribution < -0.4 is 15.2 Å². The van der Waals surface area contributed by atoms with Crippen molar-refractivity contribution in [2.45, 2.75) is 6.42 Å². The zero-order chi connectivity index (χ0) is 10.2. The summed E-state index contributed by atoms with van der Waals surface area (Å²) in [5, 5.41) is 8.04. The van der Waals surface area contributed by atoms with E-state index in [1.165, 1.54) is 0 Å². The van der Waals surface area contributed by atoms with E-state index in [1.54, 1.807) is 12.1 Å². The number of nitrogens with one attached hydrogen (secondary N) is 2. The van der Waals surface area contributed by atoms with Crippen LogP contribution in [0, 0.1) is 0 Å². The standard InChI is InChI=1S/C8H11N3O2S/c9-14(12,13)11-7-1-2-8-6(5-7)3-4-10-8/h1-2,5,10-11H,3-4H2,(H2,9,12,13). The molecule has 0 radical (unpaired) electrons. The summed E-state index contributed by atoms with van der Waals surface area (Å²) in [5.74, 6) is 0. The Morgan fingerprint density at radius 3 is 2.93 bits per heavy atom. The van der Waals surface area contributed by atoms with Gasteiger partial charge in [0.25, 0.3) is 10.2 Å². The minimum absolute atomic E-state index is 0.509. The highest BCUT2D eigenvalue weighted by Gasteiger charge is 2.11. The fourth-order valence-electron chi connectivity index (χ4n) is 1.53. The summed E-state index contributed by atoms with van der Waals surface area (Å²) in [4.78, 5) is 0. The van der Waals surface area contributed by atoms with Gasteiger partial charge in [-0.1, -0.05) is 0 Å². The van der Waals surface area contributed by atoms with Gasteiger partial charge in [-0.05, 0) is 30.2 Å². The molecule has 1 aliphatic rings. The van der Waals surface area contributed by atoms with Crippen molar-refractivity contribution in [2.24, 2.45) is 5.14 Å². The third kappa shape index (κ3) is 1.97. The molecular formula is C8H11N3O2S. The SMILES string of the molecule is NS(=O)(=O)Nc1ccc2c(c1)CCN2. The van der Waals surface area contributed by atoms with Gasteiger partial charge < -0.3 is 5.32 Å². The lowest BCUT2D eigenvalue weighted by molar-refractivity contribution is 0.603. The summed E-state index contributed by atoms with van der Waals surface area (Å²) < 4.78 is 23.7. The highest BCUT2D eigenvalue weighted by atomic mass is 32.2. The third-order valence-corrected chi connectivity index (χ3v) is 2.60. The van der Waals surface area contributed by atoms with Crippen LogP contribution in [-0.4, -0.2) is 15.0 Å². The van der Waals surface area contributed by atoms with Gasteiger partial charge in [0.15, 0.2) is 0 Å². The normalized spacial score (nSPS) is 14.6. The topological polar surface area (TPSA) is 84.2 Å². The zero-order valence-corrected chi connectivity index (χ0v) is 8.26. The van der Waals surface area contributed by atoms with E-state index in [9.17, 15) is 8.42 Å². The van der Waals surface area contributed by atoms with Crippen LogP contribution in [0.5, 0.6) is 0 Å². The predicted molar refractivity (Wildman–Crippen MR) is 55.4 cm³/mol. The summed E-state index contributed by atoms with van der Waals surface area (Å²) in [7, 11) is -3.67. The van der Waals surface area contributed by atoms with Gasteiger partial charge in [-0.2, -0.15) is 8.42 Å². The smallest absolute Gasteiger partial charge is 0.296 e. The molecule has 0 bridgehead atoms. The molecule has 1 aromatic rings. The van der Waals surface area contributed by atoms with Gasteiger partial charge in [-0.25, -0.2) is 5.14 Å². The summed E-state index contributed by atoms with van der Waals surface area (Å²) in [6.45, 7) is 0.897. The van der Waals surface area contributed by atoms with Crippen molar-refractivity contribution in [3.05, 3.63) is 23.8 Å². The molecule has 1 aliphatic heterocycles. The Morgan fingerprint density at radius 1 is 1.43 bits per heavy atom. The molecule has 0 aromatic heterocycles. The van der Waals surface area contributed by atoms with Gasteiger partial charge in [0.1, 0.15) is 0 Å². The number of fused-ring (bicyclic) bond motifs is 1. The average Bonchev–Trinajstić information content (AvgIpc) is 2.47. The quantitative estimate of drug-likeness (QED) is 0.659. The van der Waals surface area contributed by atoms with Gasteiger partial charge in [0, 0.05) is 12.2 Å². The molecule has 0 saturated carbocycles. The fraction of sp³-hybridized carbons (Fsp3) is 0.250. The van der Waals surface area contributed by atoms with E-state index < -0.39 is 10.2 Å². The van der Waals surface area contributed by atoms with Gasteiger partial charge in [0.2, 0.25) is 0 Å². The van der Waals surface area contributed by atoms with E-state index in [0.717, 1.165) is 24.2 Å². The molecule has 2 rings (SSSR count). The first-order valence-electron chi connectivity index (χ1n) is 4.22. The van der Waals surface area contributed by atoms with Crippen molar-refractivity contribution in [3.8, 4) is 0 Å². The lowest BCUT2D eigenvalue weighted by Crippen LogP contribution is -2.21. The van der Waals surface area contributed by atoms with Crippen LogP contribution in [0.4, 0.5) is 11.4 Å². The molecule has 0 unspecified atom stereocenters. The number of hydrogen-bond donors (Lipinski definition) is 3. The van der Waals surface area contributed by atoms with Gasteiger partial charge in [0.05, 0.1) is 5.69 Å². The highest BCUT2D eigenvalue weighted by molar-refractivity contribution is 7.90. The van der Waals surface area contributed by atoms with Crippen LogP contribution in [0.1, 0.15) is 5.56 Å². The number of benzene rings is 1. The minimum atomic E-state index is -3.67. The van der Waals surface area contributed by atoms with Crippen LogP contribution in [0.15, 0.2) is 18.2 Å². The summed E-state index contributed by atoms with van der Waals surface area (Å²) >= 11 is 0. The molecule has 0 atom stereocenters. The fourth-order valence-corrected chi connectivity index (χ4v) is 1.99. The van der Waals surface area contributed by atoms with Crippen molar-refractivity contribution >= 4 is 21.6 Å². The van der Waals surface area contributed by atoms with Gasteiger partial charge >= 0.3 is 0 Å². The van der Waals surface area contributed by atoms with Crippen molar-refractivity contribution in [3.63, 3.8) is 0 Å². The van der Waals surface area contributed by atoms with Crippen molar-refractivity contribution < 1.29 is 8.42 Å². The lowest BCUT2D eigenvalue weighted by Gasteiger charge is -2.05. The predicted octanol–water partition coefficient (Wildman–Crippen LogP) is 0.270. The van der Waals surface area contributed by atoms with Crippen LogP contribution in [-0.2, 0) is 16.6 Å². The second-order valence-electron chi connectivity index (χ2n) is 3.20. The molecule has 0 aliphatic carbocycles. The van der Waals surface area contributed by atoms with E-state index in [2.05, 4.69) is 10.0 Å². The van der Waals surface area contributed by atoms with Crippen molar-refractivity contribution in [2.75, 3.05) is 16.6 Å². The molecular weight excluding hydrogens is 202 g/mol. The van der Waals surface area contributed by atoms with Crippen LogP contribution >= 0.6 is 0 Å². The first kappa shape index (κ1) is 9.29. The molecule has 14 heavy (non-hydrogen) atoms. The molecule has 6 heteroatoms. The Kier molecular flexibility index (Phi) is 2.09. The minimum Gasteiger partial charge on any atom is -0.384 e. The Labute approximate surface area is 82.5 Å². The first-order valence-corrected chi connectivity index (χ1v) is 5.76. The molecule has 1 aromatic carbocycles. The summed E-state index contributed by atoms with van der Waals surface area (Å²) in [6, 6.07) is 5.32. The van der Waals surface area contributed by atoms with E-state index >= 15 is 0 Å². The monoisotopic (exact) mass is 213 g/mol. The Balaban J connectivity index is 2.29. The van der Waals surface area contributed by atoms with E-state index in [0.29, 0.717) is 5.69 Å². The summed E-state index contributed by atoms with van der Waals surface area (Å²) in [6.07, 6.45) is 0.912. The molecule has 0 amide bonds. The van der Waals surface area contributed by atoms with Crippen LogP contribution in [0.3, 0.4) is 0 Å². The molecule has 1 heterocycles.